The van der Waals surface area contributed by atoms with Crippen molar-refractivity contribution in [2.75, 3.05) is 6.54 Å². The fourth-order valence-electron chi connectivity index (χ4n) is 2.25. The fraction of sp³-hybridized carbons (Fsp3) is 0.231. The largest absolute Gasteiger partial charge is 0.358 e. The Kier molecular flexibility index (Phi) is 2.65. The Morgan fingerprint density at radius 2 is 2.18 bits per heavy atom. The molecule has 2 nitrogen and oxygen atoms in total. The number of nitrogens with one attached hydrogen (secondary N) is 2. The summed E-state index contributed by atoms with van der Waals surface area (Å²) in [5.41, 5.74) is 3.61. The van der Waals surface area contributed by atoms with Crippen LogP contribution in [0.5, 0.6) is 0 Å². The van der Waals surface area contributed by atoms with Crippen LogP contribution in [0.15, 0.2) is 24.3 Å². The highest BCUT2D eigenvalue weighted by Gasteiger charge is 2.16. The normalized spacial score (nSPS) is 14.7. The van der Waals surface area contributed by atoms with Gasteiger partial charge in [-0.2, -0.15) is 0 Å². The van der Waals surface area contributed by atoms with Crippen LogP contribution in [0.4, 0.5) is 4.39 Å². The Balaban J connectivity index is 2.12. The van der Waals surface area contributed by atoms with Crippen LogP contribution >= 0.6 is 11.6 Å². The van der Waals surface area contributed by atoms with E-state index >= 15 is 0 Å². The van der Waals surface area contributed by atoms with E-state index in [1.165, 1.54) is 17.3 Å². The minimum Gasteiger partial charge on any atom is -0.358 e. The molecule has 2 N–H and O–H groups in total. The fourth-order valence-corrected chi connectivity index (χ4v) is 2.51. The second kappa shape index (κ2) is 4.17. The van der Waals surface area contributed by atoms with Gasteiger partial charge in [0.2, 0.25) is 0 Å². The summed E-state index contributed by atoms with van der Waals surface area (Å²) >= 11 is 6.05. The van der Waals surface area contributed by atoms with Crippen LogP contribution in [0.25, 0.3) is 11.3 Å². The van der Waals surface area contributed by atoms with Gasteiger partial charge in [-0.25, -0.2) is 4.39 Å². The lowest BCUT2D eigenvalue weighted by molar-refractivity contribution is 0.630. The number of halogens is 2. The topological polar surface area (TPSA) is 27.8 Å². The lowest BCUT2D eigenvalue weighted by atomic mass is 10.1. The highest BCUT2D eigenvalue weighted by Crippen LogP contribution is 2.31. The van der Waals surface area contributed by atoms with Gasteiger partial charge in [-0.05, 0) is 23.8 Å². The molecule has 2 aromatic rings. The molecule has 4 heteroatoms. The van der Waals surface area contributed by atoms with Crippen LogP contribution in [0.3, 0.4) is 0 Å². The molecular formula is C13H12ClFN2. The Morgan fingerprint density at radius 3 is 2.94 bits per heavy atom. The number of hydrogen-bond donors (Lipinski definition) is 2. The number of aromatic amines is 1. The molecule has 0 radical (unpaired) electrons. The summed E-state index contributed by atoms with van der Waals surface area (Å²) in [5.74, 6) is -0.288. The molecule has 1 aliphatic rings. The van der Waals surface area contributed by atoms with E-state index in [-0.39, 0.29) is 5.82 Å². The molecule has 17 heavy (non-hydrogen) atoms. The van der Waals surface area contributed by atoms with Crippen molar-refractivity contribution in [3.05, 3.63) is 46.4 Å². The first-order valence-corrected chi connectivity index (χ1v) is 5.99. The monoisotopic (exact) mass is 250 g/mol. The SMILES string of the molecule is Fc1cccc(Cl)c1-c1cc2c([nH]1)CCNC2. The van der Waals surface area contributed by atoms with Crippen molar-refractivity contribution in [3.8, 4) is 11.3 Å². The maximum atomic E-state index is 13.8. The molecule has 0 saturated carbocycles. The van der Waals surface area contributed by atoms with Crippen LogP contribution in [-0.4, -0.2) is 11.5 Å². The predicted octanol–water partition coefficient (Wildman–Crippen LogP) is 3.12. The van der Waals surface area contributed by atoms with E-state index in [2.05, 4.69) is 10.3 Å². The van der Waals surface area contributed by atoms with Gasteiger partial charge in [0.1, 0.15) is 5.82 Å². The summed E-state index contributed by atoms with van der Waals surface area (Å²) < 4.78 is 13.8. The van der Waals surface area contributed by atoms with Crippen LogP contribution in [0.1, 0.15) is 11.3 Å². The van der Waals surface area contributed by atoms with Crippen molar-refractivity contribution in [2.45, 2.75) is 13.0 Å². The van der Waals surface area contributed by atoms with E-state index < -0.39 is 0 Å². The minimum atomic E-state index is -0.288. The first-order chi connectivity index (χ1) is 8.25. The molecule has 0 spiro atoms. The second-order valence-electron chi connectivity index (χ2n) is 4.21. The van der Waals surface area contributed by atoms with Crippen molar-refractivity contribution in [1.82, 2.24) is 10.3 Å². The number of rotatable bonds is 1. The number of hydrogen-bond acceptors (Lipinski definition) is 1. The quantitative estimate of drug-likeness (QED) is 0.800. The maximum Gasteiger partial charge on any atom is 0.134 e. The molecule has 2 heterocycles. The highest BCUT2D eigenvalue weighted by atomic mass is 35.5. The molecule has 88 valence electrons. The van der Waals surface area contributed by atoms with E-state index in [1.807, 2.05) is 6.07 Å². The van der Waals surface area contributed by atoms with Gasteiger partial charge in [-0.15, -0.1) is 0 Å². The molecule has 0 unspecified atom stereocenters. The zero-order valence-electron chi connectivity index (χ0n) is 9.19. The van der Waals surface area contributed by atoms with Gasteiger partial charge >= 0.3 is 0 Å². The van der Waals surface area contributed by atoms with Gasteiger partial charge in [0.15, 0.2) is 0 Å². The molecule has 0 atom stereocenters. The van der Waals surface area contributed by atoms with Crippen molar-refractivity contribution >= 4 is 11.6 Å². The van der Waals surface area contributed by atoms with Crippen molar-refractivity contribution in [1.29, 1.82) is 0 Å². The number of aromatic nitrogens is 1. The number of benzene rings is 1. The molecule has 1 aliphatic heterocycles. The summed E-state index contributed by atoms with van der Waals surface area (Å²) in [4.78, 5) is 3.27. The molecular weight excluding hydrogens is 239 g/mol. The molecule has 0 aliphatic carbocycles. The summed E-state index contributed by atoms with van der Waals surface area (Å²) in [7, 11) is 0. The average molecular weight is 251 g/mol. The Bertz CT molecular complexity index is 519. The lowest BCUT2D eigenvalue weighted by Gasteiger charge is -2.11. The van der Waals surface area contributed by atoms with Gasteiger partial charge in [0.25, 0.3) is 0 Å². The van der Waals surface area contributed by atoms with E-state index in [0.717, 1.165) is 25.2 Å². The van der Waals surface area contributed by atoms with Crippen molar-refractivity contribution in [3.63, 3.8) is 0 Å². The highest BCUT2D eigenvalue weighted by molar-refractivity contribution is 6.33. The lowest BCUT2D eigenvalue weighted by Crippen LogP contribution is -2.22. The molecule has 0 saturated heterocycles. The Hall–Kier alpha value is -1.32. The van der Waals surface area contributed by atoms with Gasteiger partial charge in [-0.1, -0.05) is 17.7 Å². The second-order valence-corrected chi connectivity index (χ2v) is 4.62. The average Bonchev–Trinajstić information content (AvgIpc) is 2.71. The third kappa shape index (κ3) is 1.85. The summed E-state index contributed by atoms with van der Waals surface area (Å²) in [6, 6.07) is 6.73. The predicted molar refractivity (Wildman–Crippen MR) is 66.6 cm³/mol. The van der Waals surface area contributed by atoms with Crippen LogP contribution in [0.2, 0.25) is 5.02 Å². The zero-order valence-corrected chi connectivity index (χ0v) is 9.94. The smallest absolute Gasteiger partial charge is 0.134 e. The van der Waals surface area contributed by atoms with Crippen LogP contribution < -0.4 is 5.32 Å². The molecule has 0 fully saturated rings. The van der Waals surface area contributed by atoms with Gasteiger partial charge in [-0.3, -0.25) is 0 Å². The van der Waals surface area contributed by atoms with Gasteiger partial charge < -0.3 is 10.3 Å². The number of fused-ring (bicyclic) bond motifs is 1. The van der Waals surface area contributed by atoms with Crippen LogP contribution in [0, 0.1) is 5.82 Å². The first kappa shape index (κ1) is 10.8. The summed E-state index contributed by atoms with van der Waals surface area (Å²) in [6.07, 6.45) is 0.946. The van der Waals surface area contributed by atoms with E-state index in [1.54, 1.807) is 12.1 Å². The molecule has 1 aromatic heterocycles. The minimum absolute atomic E-state index is 0.288. The molecule has 3 rings (SSSR count). The van der Waals surface area contributed by atoms with E-state index in [9.17, 15) is 4.39 Å². The molecule has 0 amide bonds. The summed E-state index contributed by atoms with van der Waals surface area (Å²) in [5, 5.41) is 3.73. The van der Waals surface area contributed by atoms with Crippen molar-refractivity contribution < 1.29 is 4.39 Å². The van der Waals surface area contributed by atoms with Crippen molar-refractivity contribution in [2.24, 2.45) is 0 Å². The molecule has 1 aromatic carbocycles. The third-order valence-electron chi connectivity index (χ3n) is 3.09. The van der Waals surface area contributed by atoms with Crippen LogP contribution in [-0.2, 0) is 13.0 Å². The zero-order chi connectivity index (χ0) is 11.8. The standard InChI is InChI=1S/C13H12ClFN2/c14-9-2-1-3-10(15)13(9)12-6-8-7-16-5-4-11(8)17-12/h1-3,6,16-17H,4-5,7H2. The van der Waals surface area contributed by atoms with Gasteiger partial charge in [0, 0.05) is 25.2 Å². The van der Waals surface area contributed by atoms with E-state index in [0.29, 0.717) is 10.6 Å². The maximum absolute atomic E-state index is 13.8. The Labute approximate surface area is 104 Å². The first-order valence-electron chi connectivity index (χ1n) is 5.61. The third-order valence-corrected chi connectivity index (χ3v) is 3.41. The number of H-pyrrole nitrogens is 1. The Morgan fingerprint density at radius 1 is 1.29 bits per heavy atom. The van der Waals surface area contributed by atoms with E-state index in [4.69, 9.17) is 11.6 Å². The molecule has 0 bridgehead atoms. The van der Waals surface area contributed by atoms with Gasteiger partial charge in [0.05, 0.1) is 16.3 Å². The summed E-state index contributed by atoms with van der Waals surface area (Å²) in [6.45, 7) is 1.79.